The third kappa shape index (κ3) is 2.37. The van der Waals surface area contributed by atoms with Crippen molar-refractivity contribution < 1.29 is 4.74 Å². The Kier molecular flexibility index (Phi) is 3.38. The van der Waals surface area contributed by atoms with Gasteiger partial charge in [0.15, 0.2) is 0 Å². The highest BCUT2D eigenvalue weighted by molar-refractivity contribution is 9.11. The first-order valence-electron chi connectivity index (χ1n) is 4.94. The van der Waals surface area contributed by atoms with Crippen LogP contribution in [0.4, 0.5) is 0 Å². The summed E-state index contributed by atoms with van der Waals surface area (Å²) < 4.78 is 7.82. The molecule has 0 spiro atoms. The van der Waals surface area contributed by atoms with Gasteiger partial charge in [-0.05, 0) is 47.0 Å². The van der Waals surface area contributed by atoms with Crippen molar-refractivity contribution in [3.05, 3.63) is 26.6 Å². The quantitative estimate of drug-likeness (QED) is 0.856. The summed E-state index contributed by atoms with van der Waals surface area (Å²) in [6, 6.07) is 4.29. The Bertz CT molecular complexity index is 379. The van der Waals surface area contributed by atoms with Crippen LogP contribution in [0.25, 0.3) is 0 Å². The molecule has 0 amide bonds. The lowest BCUT2D eigenvalue weighted by atomic mass is 9.92. The summed E-state index contributed by atoms with van der Waals surface area (Å²) in [7, 11) is 0. The van der Waals surface area contributed by atoms with Gasteiger partial charge in [0.2, 0.25) is 0 Å². The van der Waals surface area contributed by atoms with E-state index in [1.165, 1.54) is 5.56 Å². The Hall–Kier alpha value is -0.0600. The third-order valence-corrected chi connectivity index (χ3v) is 3.80. The zero-order chi connectivity index (χ0) is 11.0. The zero-order valence-electron chi connectivity index (χ0n) is 8.47. The van der Waals surface area contributed by atoms with Crippen LogP contribution in [0.5, 0.6) is 5.75 Å². The molecule has 0 radical (unpaired) electrons. The molecule has 15 heavy (non-hydrogen) atoms. The van der Waals surface area contributed by atoms with Crippen LogP contribution in [0.3, 0.4) is 0 Å². The van der Waals surface area contributed by atoms with E-state index in [-0.39, 0.29) is 6.04 Å². The predicted molar refractivity (Wildman–Crippen MR) is 68.2 cm³/mol. The van der Waals surface area contributed by atoms with E-state index < -0.39 is 0 Å². The first-order chi connectivity index (χ1) is 7.08. The standard InChI is InChI=1S/C11H13Br2NO/c1-6(14)8-2-7-3-9(12)4-10(13)11(7)15-5-8/h3-4,6,8H,2,5,14H2,1H3/t6-,8?/m0/s1. The molecule has 1 aliphatic heterocycles. The second kappa shape index (κ2) is 4.44. The van der Waals surface area contributed by atoms with E-state index in [0.29, 0.717) is 12.5 Å². The molecule has 82 valence electrons. The summed E-state index contributed by atoms with van der Waals surface area (Å²) in [6.45, 7) is 2.75. The van der Waals surface area contributed by atoms with Crippen molar-refractivity contribution in [1.29, 1.82) is 0 Å². The van der Waals surface area contributed by atoms with Crippen LogP contribution >= 0.6 is 31.9 Å². The molecule has 0 aromatic heterocycles. The van der Waals surface area contributed by atoms with Crippen LogP contribution < -0.4 is 10.5 Å². The Morgan fingerprint density at radius 3 is 2.87 bits per heavy atom. The summed E-state index contributed by atoms with van der Waals surface area (Å²) in [6.07, 6.45) is 0.991. The van der Waals surface area contributed by atoms with Crippen molar-refractivity contribution >= 4 is 31.9 Å². The number of fused-ring (bicyclic) bond motifs is 1. The molecule has 1 unspecified atom stereocenters. The molecule has 2 N–H and O–H groups in total. The lowest BCUT2D eigenvalue weighted by molar-refractivity contribution is 0.203. The minimum absolute atomic E-state index is 0.177. The molecule has 2 nitrogen and oxygen atoms in total. The van der Waals surface area contributed by atoms with E-state index in [2.05, 4.69) is 37.9 Å². The SMILES string of the molecule is C[C@H](N)C1COc2c(Br)cc(Br)cc2C1. The average molecular weight is 335 g/mol. The summed E-state index contributed by atoms with van der Waals surface area (Å²) in [4.78, 5) is 0. The van der Waals surface area contributed by atoms with Crippen molar-refractivity contribution in [2.45, 2.75) is 19.4 Å². The van der Waals surface area contributed by atoms with E-state index in [9.17, 15) is 0 Å². The van der Waals surface area contributed by atoms with Gasteiger partial charge in [0.25, 0.3) is 0 Å². The molecule has 1 heterocycles. The molecule has 2 rings (SSSR count). The molecular formula is C11H13Br2NO. The fourth-order valence-corrected chi connectivity index (χ4v) is 3.22. The van der Waals surface area contributed by atoms with Gasteiger partial charge in [-0.1, -0.05) is 15.9 Å². The molecule has 0 bridgehead atoms. The highest BCUT2D eigenvalue weighted by Crippen LogP contribution is 2.37. The highest BCUT2D eigenvalue weighted by Gasteiger charge is 2.24. The van der Waals surface area contributed by atoms with Gasteiger partial charge in [-0.3, -0.25) is 0 Å². The second-order valence-electron chi connectivity index (χ2n) is 4.01. The molecule has 4 heteroatoms. The van der Waals surface area contributed by atoms with Gasteiger partial charge in [-0.15, -0.1) is 0 Å². The van der Waals surface area contributed by atoms with E-state index in [1.54, 1.807) is 0 Å². The van der Waals surface area contributed by atoms with Crippen LogP contribution in [-0.2, 0) is 6.42 Å². The lowest BCUT2D eigenvalue weighted by Crippen LogP contribution is -2.35. The normalized spacial score (nSPS) is 21.7. The molecule has 0 fully saturated rings. The van der Waals surface area contributed by atoms with Crippen molar-refractivity contribution in [1.82, 2.24) is 0 Å². The number of hydrogen-bond donors (Lipinski definition) is 1. The van der Waals surface area contributed by atoms with Crippen molar-refractivity contribution in [2.24, 2.45) is 11.7 Å². The molecule has 1 aliphatic rings. The molecule has 1 aromatic rings. The average Bonchev–Trinajstić information content (AvgIpc) is 2.16. The van der Waals surface area contributed by atoms with E-state index in [0.717, 1.165) is 21.1 Å². The maximum Gasteiger partial charge on any atom is 0.136 e. The minimum atomic E-state index is 0.177. The van der Waals surface area contributed by atoms with Gasteiger partial charge in [0, 0.05) is 16.4 Å². The molecule has 2 atom stereocenters. The number of nitrogens with two attached hydrogens (primary N) is 1. The van der Waals surface area contributed by atoms with Crippen molar-refractivity contribution in [3.8, 4) is 5.75 Å². The van der Waals surface area contributed by atoms with E-state index >= 15 is 0 Å². The molecule has 1 aromatic carbocycles. The van der Waals surface area contributed by atoms with Crippen LogP contribution in [0.1, 0.15) is 12.5 Å². The largest absolute Gasteiger partial charge is 0.492 e. The van der Waals surface area contributed by atoms with Gasteiger partial charge in [0.1, 0.15) is 5.75 Å². The maximum atomic E-state index is 5.90. The monoisotopic (exact) mass is 333 g/mol. The molecule has 0 saturated heterocycles. The molecular weight excluding hydrogens is 322 g/mol. The first kappa shape index (κ1) is 11.4. The summed E-state index contributed by atoms with van der Waals surface area (Å²) in [5, 5.41) is 0. The first-order valence-corrected chi connectivity index (χ1v) is 6.53. The maximum absolute atomic E-state index is 5.90. The van der Waals surface area contributed by atoms with Crippen LogP contribution in [-0.4, -0.2) is 12.6 Å². The highest BCUT2D eigenvalue weighted by atomic mass is 79.9. The lowest BCUT2D eigenvalue weighted by Gasteiger charge is -2.28. The smallest absolute Gasteiger partial charge is 0.136 e. The van der Waals surface area contributed by atoms with Crippen LogP contribution in [0.15, 0.2) is 21.1 Å². The van der Waals surface area contributed by atoms with Crippen LogP contribution in [0.2, 0.25) is 0 Å². The van der Waals surface area contributed by atoms with Gasteiger partial charge < -0.3 is 10.5 Å². The topological polar surface area (TPSA) is 35.2 Å². The molecule has 0 aliphatic carbocycles. The van der Waals surface area contributed by atoms with E-state index in [4.69, 9.17) is 10.5 Å². The summed E-state index contributed by atoms with van der Waals surface area (Å²) in [5.41, 5.74) is 7.12. The van der Waals surface area contributed by atoms with Gasteiger partial charge in [-0.2, -0.15) is 0 Å². The Balaban J connectivity index is 2.33. The van der Waals surface area contributed by atoms with E-state index in [1.807, 2.05) is 13.0 Å². The fourth-order valence-electron chi connectivity index (χ4n) is 1.80. The Labute approximate surface area is 106 Å². The minimum Gasteiger partial charge on any atom is -0.492 e. The summed E-state index contributed by atoms with van der Waals surface area (Å²) >= 11 is 6.98. The third-order valence-electron chi connectivity index (χ3n) is 2.75. The fraction of sp³-hybridized carbons (Fsp3) is 0.455. The second-order valence-corrected chi connectivity index (χ2v) is 5.78. The number of rotatable bonds is 1. The van der Waals surface area contributed by atoms with Gasteiger partial charge in [-0.25, -0.2) is 0 Å². The van der Waals surface area contributed by atoms with Gasteiger partial charge in [0.05, 0.1) is 11.1 Å². The number of benzene rings is 1. The zero-order valence-corrected chi connectivity index (χ0v) is 11.6. The van der Waals surface area contributed by atoms with Gasteiger partial charge >= 0.3 is 0 Å². The summed E-state index contributed by atoms with van der Waals surface area (Å²) in [5.74, 6) is 1.38. The van der Waals surface area contributed by atoms with Crippen molar-refractivity contribution in [2.75, 3.05) is 6.61 Å². The number of halogens is 2. The molecule has 0 saturated carbocycles. The Morgan fingerprint density at radius 2 is 2.20 bits per heavy atom. The van der Waals surface area contributed by atoms with Crippen molar-refractivity contribution in [3.63, 3.8) is 0 Å². The number of ether oxygens (including phenoxy) is 1. The van der Waals surface area contributed by atoms with Crippen LogP contribution in [0, 0.1) is 5.92 Å². The Morgan fingerprint density at radius 1 is 1.47 bits per heavy atom. The number of hydrogen-bond acceptors (Lipinski definition) is 2. The predicted octanol–water partition coefficient (Wildman–Crippen LogP) is 3.11.